The largest absolute Gasteiger partial charge is 0.372 e. The molecule has 2 nitrogen and oxygen atoms in total. The average molecular weight is 262 g/mol. The molecule has 1 unspecified atom stereocenters. The first-order valence-electron chi connectivity index (χ1n) is 7.81. The third-order valence-corrected chi connectivity index (χ3v) is 3.45. The summed E-state index contributed by atoms with van der Waals surface area (Å²) in [5, 5.41) is 3.53. The molecule has 0 aliphatic carbocycles. The van der Waals surface area contributed by atoms with E-state index in [1.54, 1.807) is 0 Å². The standard InChI is InChI=1S/C17H30N2/c1-5-12-18-15(4)16-8-10-17(11-9-16)19(13-6-2)14-7-3/h8-11,15,18H,5-7,12-14H2,1-4H3. The quantitative estimate of drug-likeness (QED) is 0.710. The zero-order valence-corrected chi connectivity index (χ0v) is 13.1. The lowest BCUT2D eigenvalue weighted by atomic mass is 10.1. The molecule has 0 heterocycles. The normalized spacial score (nSPS) is 12.4. The fourth-order valence-corrected chi connectivity index (χ4v) is 2.36. The molecule has 0 aliphatic rings. The van der Waals surface area contributed by atoms with Crippen LogP contribution in [0.15, 0.2) is 24.3 Å². The summed E-state index contributed by atoms with van der Waals surface area (Å²) in [6, 6.07) is 9.51. The van der Waals surface area contributed by atoms with Gasteiger partial charge in [0, 0.05) is 24.8 Å². The van der Waals surface area contributed by atoms with Crippen LogP contribution >= 0.6 is 0 Å². The van der Waals surface area contributed by atoms with Crippen molar-refractivity contribution >= 4 is 5.69 Å². The summed E-state index contributed by atoms with van der Waals surface area (Å²) >= 11 is 0. The van der Waals surface area contributed by atoms with Gasteiger partial charge in [-0.15, -0.1) is 0 Å². The maximum Gasteiger partial charge on any atom is 0.0366 e. The molecule has 1 N–H and O–H groups in total. The van der Waals surface area contributed by atoms with Crippen molar-refractivity contribution in [1.82, 2.24) is 5.32 Å². The van der Waals surface area contributed by atoms with Gasteiger partial charge in [0.2, 0.25) is 0 Å². The summed E-state index contributed by atoms with van der Waals surface area (Å²) < 4.78 is 0. The van der Waals surface area contributed by atoms with E-state index in [-0.39, 0.29) is 0 Å². The Morgan fingerprint density at radius 2 is 1.53 bits per heavy atom. The molecule has 108 valence electrons. The maximum absolute atomic E-state index is 3.53. The highest BCUT2D eigenvalue weighted by molar-refractivity contribution is 5.48. The lowest BCUT2D eigenvalue weighted by Gasteiger charge is -2.24. The number of nitrogens with one attached hydrogen (secondary N) is 1. The summed E-state index contributed by atoms with van der Waals surface area (Å²) in [5.74, 6) is 0. The second kappa shape index (κ2) is 8.98. The van der Waals surface area contributed by atoms with Crippen LogP contribution < -0.4 is 10.2 Å². The minimum atomic E-state index is 0.444. The van der Waals surface area contributed by atoms with Gasteiger partial charge in [-0.05, 0) is 50.4 Å². The van der Waals surface area contributed by atoms with E-state index in [4.69, 9.17) is 0 Å². The van der Waals surface area contributed by atoms with E-state index < -0.39 is 0 Å². The molecule has 1 aromatic rings. The van der Waals surface area contributed by atoms with Crippen LogP contribution in [0.4, 0.5) is 5.69 Å². The monoisotopic (exact) mass is 262 g/mol. The first kappa shape index (κ1) is 16.0. The van der Waals surface area contributed by atoms with Gasteiger partial charge in [0.25, 0.3) is 0 Å². The van der Waals surface area contributed by atoms with Gasteiger partial charge in [-0.1, -0.05) is 32.9 Å². The minimum Gasteiger partial charge on any atom is -0.372 e. The van der Waals surface area contributed by atoms with Crippen LogP contribution in [0.2, 0.25) is 0 Å². The first-order chi connectivity index (χ1) is 9.22. The van der Waals surface area contributed by atoms with Crippen molar-refractivity contribution < 1.29 is 0 Å². The molecule has 0 radical (unpaired) electrons. The molecule has 0 aliphatic heterocycles. The molecule has 0 saturated heterocycles. The van der Waals surface area contributed by atoms with Gasteiger partial charge in [-0.2, -0.15) is 0 Å². The number of hydrogen-bond acceptors (Lipinski definition) is 2. The zero-order chi connectivity index (χ0) is 14.1. The van der Waals surface area contributed by atoms with Crippen molar-refractivity contribution in [3.8, 4) is 0 Å². The van der Waals surface area contributed by atoms with Crippen molar-refractivity contribution in [2.24, 2.45) is 0 Å². The second-order valence-electron chi connectivity index (χ2n) is 5.25. The summed E-state index contributed by atoms with van der Waals surface area (Å²) in [7, 11) is 0. The van der Waals surface area contributed by atoms with E-state index in [1.807, 2.05) is 0 Å². The Kier molecular flexibility index (Phi) is 7.57. The molecule has 0 bridgehead atoms. The highest BCUT2D eigenvalue weighted by atomic mass is 15.1. The topological polar surface area (TPSA) is 15.3 Å². The van der Waals surface area contributed by atoms with E-state index in [9.17, 15) is 0 Å². The van der Waals surface area contributed by atoms with E-state index in [1.165, 1.54) is 30.5 Å². The predicted octanol–water partition coefficient (Wildman–Crippen LogP) is 4.37. The third-order valence-electron chi connectivity index (χ3n) is 3.45. The van der Waals surface area contributed by atoms with Crippen molar-refractivity contribution in [3.05, 3.63) is 29.8 Å². The molecule has 0 aromatic heterocycles. The van der Waals surface area contributed by atoms with Crippen molar-refractivity contribution in [2.75, 3.05) is 24.5 Å². The van der Waals surface area contributed by atoms with Gasteiger partial charge >= 0.3 is 0 Å². The molecule has 19 heavy (non-hydrogen) atoms. The number of hydrogen-bond donors (Lipinski definition) is 1. The molecule has 2 heteroatoms. The number of rotatable bonds is 9. The van der Waals surface area contributed by atoms with E-state index in [0.29, 0.717) is 6.04 Å². The van der Waals surface area contributed by atoms with Crippen LogP contribution in [0, 0.1) is 0 Å². The van der Waals surface area contributed by atoms with E-state index >= 15 is 0 Å². The molecule has 1 atom stereocenters. The summed E-state index contributed by atoms with van der Waals surface area (Å²) in [5.41, 5.74) is 2.74. The minimum absolute atomic E-state index is 0.444. The van der Waals surface area contributed by atoms with Crippen molar-refractivity contribution in [3.63, 3.8) is 0 Å². The Morgan fingerprint density at radius 3 is 2.00 bits per heavy atom. The second-order valence-corrected chi connectivity index (χ2v) is 5.25. The van der Waals surface area contributed by atoms with Crippen LogP contribution in [-0.2, 0) is 0 Å². The van der Waals surface area contributed by atoms with Crippen LogP contribution in [-0.4, -0.2) is 19.6 Å². The first-order valence-corrected chi connectivity index (χ1v) is 7.81. The summed E-state index contributed by atoms with van der Waals surface area (Å²) in [6.07, 6.45) is 3.59. The Bertz CT molecular complexity index is 326. The summed E-state index contributed by atoms with van der Waals surface area (Å²) in [4.78, 5) is 2.48. The Morgan fingerprint density at radius 1 is 0.947 bits per heavy atom. The third kappa shape index (κ3) is 5.23. The molecule has 0 amide bonds. The molecule has 1 aromatic carbocycles. The van der Waals surface area contributed by atoms with Gasteiger partial charge in [0.1, 0.15) is 0 Å². The SMILES string of the molecule is CCCNC(C)c1ccc(N(CCC)CCC)cc1. The Hall–Kier alpha value is -1.02. The number of anilines is 1. The Labute approximate surface area is 119 Å². The number of benzene rings is 1. The van der Waals surface area contributed by atoms with Gasteiger partial charge in [-0.3, -0.25) is 0 Å². The molecule has 0 saturated carbocycles. The molecular formula is C17H30N2. The highest BCUT2D eigenvalue weighted by Gasteiger charge is 2.07. The highest BCUT2D eigenvalue weighted by Crippen LogP contribution is 2.19. The average Bonchev–Trinajstić information content (AvgIpc) is 2.44. The zero-order valence-electron chi connectivity index (χ0n) is 13.1. The van der Waals surface area contributed by atoms with Crippen LogP contribution in [0.5, 0.6) is 0 Å². The lowest BCUT2D eigenvalue weighted by Crippen LogP contribution is -2.25. The van der Waals surface area contributed by atoms with Crippen LogP contribution in [0.1, 0.15) is 58.6 Å². The van der Waals surface area contributed by atoms with Gasteiger partial charge in [-0.25, -0.2) is 0 Å². The van der Waals surface area contributed by atoms with Crippen LogP contribution in [0.3, 0.4) is 0 Å². The smallest absolute Gasteiger partial charge is 0.0366 e. The van der Waals surface area contributed by atoms with Crippen molar-refractivity contribution in [1.29, 1.82) is 0 Å². The van der Waals surface area contributed by atoms with Gasteiger partial charge < -0.3 is 10.2 Å². The van der Waals surface area contributed by atoms with E-state index in [0.717, 1.165) is 19.6 Å². The maximum atomic E-state index is 3.53. The lowest BCUT2D eigenvalue weighted by molar-refractivity contribution is 0.570. The summed E-state index contributed by atoms with van der Waals surface area (Å²) in [6.45, 7) is 12.3. The molecular weight excluding hydrogens is 232 g/mol. The molecule has 1 rings (SSSR count). The van der Waals surface area contributed by atoms with Crippen LogP contribution in [0.25, 0.3) is 0 Å². The fraction of sp³-hybridized carbons (Fsp3) is 0.647. The molecule has 0 spiro atoms. The number of nitrogens with zero attached hydrogens (tertiary/aromatic N) is 1. The van der Waals surface area contributed by atoms with E-state index in [2.05, 4.69) is 62.2 Å². The molecule has 0 fully saturated rings. The Balaban J connectivity index is 2.67. The van der Waals surface area contributed by atoms with Gasteiger partial charge in [0.05, 0.1) is 0 Å². The predicted molar refractivity (Wildman–Crippen MR) is 85.9 cm³/mol. The fourth-order valence-electron chi connectivity index (χ4n) is 2.36. The van der Waals surface area contributed by atoms with Crippen molar-refractivity contribution in [2.45, 2.75) is 53.0 Å². The van der Waals surface area contributed by atoms with Gasteiger partial charge in [0.15, 0.2) is 0 Å².